The lowest BCUT2D eigenvalue weighted by Gasteiger charge is -2.29. The minimum absolute atomic E-state index is 0.571. The minimum atomic E-state index is 0.571. The molecule has 288 valence electrons. The van der Waals surface area contributed by atoms with Gasteiger partial charge in [0, 0.05) is 54.6 Å². The van der Waals surface area contributed by atoms with Gasteiger partial charge in [-0.25, -0.2) is 4.98 Å². The first-order valence-electron chi connectivity index (χ1n) is 20.5. The Morgan fingerprint density at radius 1 is 0.426 bits per heavy atom. The van der Waals surface area contributed by atoms with Crippen LogP contribution in [0.1, 0.15) is 0 Å². The fourth-order valence-electron chi connectivity index (χ4n) is 8.87. The number of rotatable bonds is 8. The van der Waals surface area contributed by atoms with Crippen molar-refractivity contribution in [2.24, 2.45) is 0 Å². The molecule has 0 radical (unpaired) electrons. The van der Waals surface area contributed by atoms with E-state index in [0.29, 0.717) is 11.5 Å². The van der Waals surface area contributed by atoms with Crippen LogP contribution in [-0.4, -0.2) is 9.55 Å². The van der Waals surface area contributed by atoms with Crippen molar-refractivity contribution in [3.8, 4) is 17.1 Å². The van der Waals surface area contributed by atoms with Gasteiger partial charge in [-0.3, -0.25) is 0 Å². The second kappa shape index (κ2) is 14.4. The number of thiophene rings is 1. The first kappa shape index (κ1) is 35.1. The van der Waals surface area contributed by atoms with Crippen LogP contribution in [0.4, 0.5) is 34.1 Å². The quantitative estimate of drug-likeness (QED) is 0.153. The summed E-state index contributed by atoms with van der Waals surface area (Å²) in [7, 11) is 0. The first-order valence-corrected chi connectivity index (χ1v) is 21.3. The normalized spacial score (nSPS) is 11.6. The molecule has 12 aromatic rings. The number of para-hydroxylation sites is 4. The average molecular weight is 801 g/mol. The van der Waals surface area contributed by atoms with Gasteiger partial charge in [-0.05, 0) is 97.1 Å². The first-order chi connectivity index (χ1) is 30.3. The molecule has 0 unspecified atom stereocenters. The zero-order chi connectivity index (χ0) is 40.3. The van der Waals surface area contributed by atoms with E-state index in [9.17, 15) is 0 Å². The van der Waals surface area contributed by atoms with E-state index in [2.05, 4.69) is 215 Å². The third-order valence-electron chi connectivity index (χ3n) is 11.6. The number of benzene rings is 9. The molecule has 12 rings (SSSR count). The highest BCUT2D eigenvalue weighted by Crippen LogP contribution is 2.49. The van der Waals surface area contributed by atoms with E-state index < -0.39 is 0 Å². The Hall–Kier alpha value is -7.93. The molecule has 6 heteroatoms. The molecule has 0 aliphatic rings. The van der Waals surface area contributed by atoms with Gasteiger partial charge < -0.3 is 18.8 Å². The number of hydrogen-bond acceptors (Lipinski definition) is 5. The molecule has 61 heavy (non-hydrogen) atoms. The Kier molecular flexibility index (Phi) is 8.28. The lowest BCUT2D eigenvalue weighted by molar-refractivity contribution is 0.620. The molecule has 0 N–H and O–H groups in total. The van der Waals surface area contributed by atoms with Crippen LogP contribution >= 0.6 is 11.3 Å². The maximum atomic E-state index is 6.91. The van der Waals surface area contributed by atoms with Gasteiger partial charge in [0.05, 0.1) is 32.8 Å². The Morgan fingerprint density at radius 3 is 1.79 bits per heavy atom. The lowest BCUT2D eigenvalue weighted by atomic mass is 10.1. The van der Waals surface area contributed by atoms with Crippen molar-refractivity contribution < 1.29 is 4.42 Å². The minimum Gasteiger partial charge on any atom is -0.434 e. The fourth-order valence-corrected chi connectivity index (χ4v) is 10.1. The summed E-state index contributed by atoms with van der Waals surface area (Å²) < 4.78 is 11.8. The van der Waals surface area contributed by atoms with Crippen LogP contribution in [0.25, 0.3) is 70.2 Å². The summed E-state index contributed by atoms with van der Waals surface area (Å²) in [5.41, 5.74) is 11.8. The third kappa shape index (κ3) is 5.87. The van der Waals surface area contributed by atoms with Gasteiger partial charge >= 0.3 is 0 Å². The molecule has 0 saturated carbocycles. The Morgan fingerprint density at radius 2 is 1.03 bits per heavy atom. The van der Waals surface area contributed by atoms with Crippen LogP contribution < -0.4 is 9.80 Å². The molecule has 0 aliphatic heterocycles. The van der Waals surface area contributed by atoms with Gasteiger partial charge in [0.2, 0.25) is 5.89 Å². The molecule has 0 fully saturated rings. The van der Waals surface area contributed by atoms with Crippen LogP contribution in [-0.2, 0) is 0 Å². The zero-order valence-electron chi connectivity index (χ0n) is 32.9. The topological polar surface area (TPSA) is 37.4 Å². The number of aromatic nitrogens is 2. The van der Waals surface area contributed by atoms with E-state index >= 15 is 0 Å². The summed E-state index contributed by atoms with van der Waals surface area (Å²) >= 11 is 1.83. The van der Waals surface area contributed by atoms with Crippen molar-refractivity contribution in [2.45, 2.75) is 0 Å². The van der Waals surface area contributed by atoms with Gasteiger partial charge in [-0.15, -0.1) is 11.3 Å². The summed E-state index contributed by atoms with van der Waals surface area (Å²) in [4.78, 5) is 9.94. The standard InChI is InChI=1S/C55H36N4OS/c1-5-18-37(19-6-1)55-56-47-35-42(58(39-22-9-3-10-23-39)50-30-17-28-45-44-27-14-16-31-52(44)61-54(45)50)36-51(53(47)60-55)57(38-20-7-2-8-21-38)41-32-33-49-46(34-41)43-26-13-15-29-48(43)59(49)40-24-11-4-12-25-40/h1-36H. The smallest absolute Gasteiger partial charge is 0.227 e. The molecule has 5 nitrogen and oxygen atoms in total. The molecular weight excluding hydrogens is 765 g/mol. The van der Waals surface area contributed by atoms with Crippen molar-refractivity contribution in [3.63, 3.8) is 0 Å². The van der Waals surface area contributed by atoms with Gasteiger partial charge in [0.15, 0.2) is 5.58 Å². The zero-order valence-corrected chi connectivity index (χ0v) is 33.7. The molecule has 3 aromatic heterocycles. The van der Waals surface area contributed by atoms with Crippen molar-refractivity contribution >= 4 is 98.5 Å². The summed E-state index contributed by atoms with van der Waals surface area (Å²) in [5, 5.41) is 4.85. The number of fused-ring (bicyclic) bond motifs is 7. The van der Waals surface area contributed by atoms with E-state index in [-0.39, 0.29) is 0 Å². The average Bonchev–Trinajstić information content (AvgIpc) is 4.03. The Labute approximate surface area is 356 Å². The third-order valence-corrected chi connectivity index (χ3v) is 12.8. The summed E-state index contributed by atoms with van der Waals surface area (Å²) in [5.74, 6) is 0.571. The molecule has 0 bridgehead atoms. The van der Waals surface area contributed by atoms with Gasteiger partial charge in [-0.1, -0.05) is 121 Å². The highest BCUT2D eigenvalue weighted by Gasteiger charge is 2.26. The fraction of sp³-hybridized carbons (Fsp3) is 0. The van der Waals surface area contributed by atoms with E-state index in [4.69, 9.17) is 9.40 Å². The van der Waals surface area contributed by atoms with Gasteiger partial charge in [-0.2, -0.15) is 0 Å². The van der Waals surface area contributed by atoms with Crippen LogP contribution in [0.5, 0.6) is 0 Å². The SMILES string of the molecule is c1ccc(-c2nc3cc(N(c4ccccc4)c4cccc5c4sc4ccccc45)cc(N(c4ccccc4)c4ccc5c(c4)c4ccccc4n5-c4ccccc4)c3o2)cc1. The molecule has 3 heterocycles. The van der Waals surface area contributed by atoms with Crippen LogP contribution in [0.2, 0.25) is 0 Å². The van der Waals surface area contributed by atoms with E-state index in [1.165, 1.54) is 25.6 Å². The maximum Gasteiger partial charge on any atom is 0.227 e. The second-order valence-electron chi connectivity index (χ2n) is 15.2. The van der Waals surface area contributed by atoms with Crippen molar-refractivity contribution in [1.82, 2.24) is 9.55 Å². The van der Waals surface area contributed by atoms with E-state index in [1.54, 1.807) is 0 Å². The lowest BCUT2D eigenvalue weighted by Crippen LogP contribution is -2.13. The van der Waals surface area contributed by atoms with Crippen LogP contribution in [0.15, 0.2) is 223 Å². The predicted octanol–water partition coefficient (Wildman–Crippen LogP) is 15.9. The maximum absolute atomic E-state index is 6.91. The predicted molar refractivity (Wildman–Crippen MR) is 256 cm³/mol. The highest BCUT2D eigenvalue weighted by atomic mass is 32.1. The summed E-state index contributed by atoms with van der Waals surface area (Å²) in [6.45, 7) is 0. The molecule has 0 amide bonds. The molecule has 9 aromatic carbocycles. The molecular formula is C55H36N4OS. The number of hydrogen-bond donors (Lipinski definition) is 0. The van der Waals surface area contributed by atoms with E-state index in [0.717, 1.165) is 67.3 Å². The number of anilines is 6. The van der Waals surface area contributed by atoms with Crippen molar-refractivity contribution in [2.75, 3.05) is 9.80 Å². The molecule has 0 aliphatic carbocycles. The van der Waals surface area contributed by atoms with Crippen LogP contribution in [0.3, 0.4) is 0 Å². The van der Waals surface area contributed by atoms with E-state index in [1.807, 2.05) is 29.5 Å². The van der Waals surface area contributed by atoms with Crippen molar-refractivity contribution in [1.29, 1.82) is 0 Å². The largest absolute Gasteiger partial charge is 0.434 e. The number of nitrogens with zero attached hydrogens (tertiary/aromatic N) is 4. The molecule has 0 spiro atoms. The Balaban J connectivity index is 1.15. The second-order valence-corrected chi connectivity index (χ2v) is 16.2. The molecule has 0 atom stereocenters. The summed E-state index contributed by atoms with van der Waals surface area (Å²) in [6.07, 6.45) is 0. The summed E-state index contributed by atoms with van der Waals surface area (Å²) in [6, 6.07) is 77.3. The van der Waals surface area contributed by atoms with Gasteiger partial charge in [0.1, 0.15) is 5.52 Å². The number of oxazole rings is 1. The Bertz CT molecular complexity index is 3540. The molecule has 0 saturated heterocycles. The monoisotopic (exact) mass is 800 g/mol. The van der Waals surface area contributed by atoms with Crippen LogP contribution in [0, 0.1) is 0 Å². The van der Waals surface area contributed by atoms with Crippen molar-refractivity contribution in [3.05, 3.63) is 218 Å². The van der Waals surface area contributed by atoms with Gasteiger partial charge in [0.25, 0.3) is 0 Å². The highest BCUT2D eigenvalue weighted by molar-refractivity contribution is 7.26.